The number of anilines is 1. The van der Waals surface area contributed by atoms with E-state index in [0.29, 0.717) is 12.2 Å². The number of aromatic nitrogens is 1. The number of nitrogens with one attached hydrogen (secondary N) is 2. The maximum Gasteiger partial charge on any atom is 0.242 e. The second-order valence-electron chi connectivity index (χ2n) is 4.03. The molecule has 2 N–H and O–H groups in total. The van der Waals surface area contributed by atoms with E-state index in [4.69, 9.17) is 0 Å². The van der Waals surface area contributed by atoms with Crippen LogP contribution in [0.25, 0.3) is 0 Å². The normalized spacial score (nSPS) is 11.3. The quantitative estimate of drug-likeness (QED) is 0.863. The lowest BCUT2D eigenvalue weighted by Gasteiger charge is -2.11. The van der Waals surface area contributed by atoms with Crippen molar-refractivity contribution in [1.82, 2.24) is 9.71 Å². The van der Waals surface area contributed by atoms with Gasteiger partial charge in [-0.2, -0.15) is 0 Å². The van der Waals surface area contributed by atoms with Gasteiger partial charge >= 0.3 is 0 Å². The standard InChI is InChI=1S/C13H14BrN3O2S/c1-15-20(18,19)13-5-3-2-4-12(13)17-9-11-7-6-10(14)8-16-11/h2-8,15,17H,9H2,1H3. The molecule has 0 bridgehead atoms. The van der Waals surface area contributed by atoms with Crippen LogP contribution in [0.1, 0.15) is 5.69 Å². The first-order valence-corrected chi connectivity index (χ1v) is 8.17. The molecule has 0 radical (unpaired) electrons. The fraction of sp³-hybridized carbons (Fsp3) is 0.154. The molecule has 0 saturated heterocycles. The Morgan fingerprint density at radius 3 is 2.60 bits per heavy atom. The highest BCUT2D eigenvalue weighted by atomic mass is 79.9. The monoisotopic (exact) mass is 355 g/mol. The van der Waals surface area contributed by atoms with Gasteiger partial charge in [-0.1, -0.05) is 12.1 Å². The molecule has 0 spiro atoms. The molecule has 0 atom stereocenters. The van der Waals surface area contributed by atoms with Crippen molar-refractivity contribution in [2.75, 3.05) is 12.4 Å². The zero-order chi connectivity index (χ0) is 14.6. The van der Waals surface area contributed by atoms with Crippen LogP contribution >= 0.6 is 15.9 Å². The second-order valence-corrected chi connectivity index (χ2v) is 6.80. The zero-order valence-corrected chi connectivity index (χ0v) is 13.2. The summed E-state index contributed by atoms with van der Waals surface area (Å²) < 4.78 is 27.0. The molecule has 106 valence electrons. The first kappa shape index (κ1) is 15.0. The Morgan fingerprint density at radius 1 is 1.20 bits per heavy atom. The van der Waals surface area contributed by atoms with E-state index in [1.54, 1.807) is 30.5 Å². The van der Waals surface area contributed by atoms with Crippen molar-refractivity contribution in [3.8, 4) is 0 Å². The van der Waals surface area contributed by atoms with Gasteiger partial charge < -0.3 is 5.32 Å². The molecule has 1 heterocycles. The van der Waals surface area contributed by atoms with Crippen LogP contribution in [0.2, 0.25) is 0 Å². The molecule has 0 aliphatic rings. The van der Waals surface area contributed by atoms with Gasteiger partial charge in [0.25, 0.3) is 0 Å². The van der Waals surface area contributed by atoms with Crippen LogP contribution in [0.3, 0.4) is 0 Å². The van der Waals surface area contributed by atoms with Gasteiger partial charge in [0.15, 0.2) is 0 Å². The Balaban J connectivity index is 2.20. The van der Waals surface area contributed by atoms with Crippen LogP contribution < -0.4 is 10.0 Å². The smallest absolute Gasteiger partial charge is 0.242 e. The van der Waals surface area contributed by atoms with Crippen molar-refractivity contribution < 1.29 is 8.42 Å². The van der Waals surface area contributed by atoms with Crippen molar-refractivity contribution in [2.24, 2.45) is 0 Å². The maximum atomic E-state index is 11.9. The number of sulfonamides is 1. The third kappa shape index (κ3) is 3.56. The molecule has 1 aromatic heterocycles. The van der Waals surface area contributed by atoms with Crippen molar-refractivity contribution in [2.45, 2.75) is 11.4 Å². The van der Waals surface area contributed by atoms with Gasteiger partial charge in [0.2, 0.25) is 10.0 Å². The maximum absolute atomic E-state index is 11.9. The summed E-state index contributed by atoms with van der Waals surface area (Å²) >= 11 is 3.32. The number of hydrogen-bond acceptors (Lipinski definition) is 4. The van der Waals surface area contributed by atoms with Crippen molar-refractivity contribution in [1.29, 1.82) is 0 Å². The summed E-state index contributed by atoms with van der Waals surface area (Å²) in [6.07, 6.45) is 1.70. The van der Waals surface area contributed by atoms with Gasteiger partial charge in [-0.25, -0.2) is 13.1 Å². The molecule has 2 aromatic rings. The van der Waals surface area contributed by atoms with Gasteiger partial charge in [0, 0.05) is 10.7 Å². The molecule has 0 amide bonds. The molecule has 1 aromatic carbocycles. The molecule has 2 rings (SSSR count). The van der Waals surface area contributed by atoms with Crippen molar-refractivity contribution >= 4 is 31.6 Å². The summed E-state index contributed by atoms with van der Waals surface area (Å²) in [7, 11) is -2.09. The topological polar surface area (TPSA) is 71.1 Å². The molecule has 0 aliphatic carbocycles. The lowest BCUT2D eigenvalue weighted by molar-refractivity contribution is 0.588. The third-order valence-corrected chi connectivity index (χ3v) is 4.64. The van der Waals surface area contributed by atoms with Crippen LogP contribution in [-0.4, -0.2) is 20.4 Å². The van der Waals surface area contributed by atoms with E-state index < -0.39 is 10.0 Å². The van der Waals surface area contributed by atoms with E-state index in [0.717, 1.165) is 10.2 Å². The van der Waals surface area contributed by atoms with Crippen molar-refractivity contribution in [3.05, 3.63) is 52.8 Å². The lowest BCUT2D eigenvalue weighted by Crippen LogP contribution is -2.20. The molecule has 0 aliphatic heterocycles. The Morgan fingerprint density at radius 2 is 1.95 bits per heavy atom. The minimum atomic E-state index is -3.48. The second kappa shape index (κ2) is 6.34. The number of nitrogens with zero attached hydrogens (tertiary/aromatic N) is 1. The van der Waals surface area contributed by atoms with Crippen LogP contribution in [0, 0.1) is 0 Å². The SMILES string of the molecule is CNS(=O)(=O)c1ccccc1NCc1ccc(Br)cn1. The van der Waals surface area contributed by atoms with E-state index in [1.807, 2.05) is 12.1 Å². The van der Waals surface area contributed by atoms with E-state index in [1.165, 1.54) is 7.05 Å². The number of benzene rings is 1. The summed E-state index contributed by atoms with van der Waals surface area (Å²) in [5, 5.41) is 3.09. The minimum Gasteiger partial charge on any atom is -0.378 e. The van der Waals surface area contributed by atoms with E-state index in [2.05, 4.69) is 31.0 Å². The van der Waals surface area contributed by atoms with Crippen LogP contribution in [0.15, 0.2) is 52.0 Å². The number of para-hydroxylation sites is 1. The number of rotatable bonds is 5. The first-order valence-electron chi connectivity index (χ1n) is 5.90. The minimum absolute atomic E-state index is 0.222. The largest absolute Gasteiger partial charge is 0.378 e. The third-order valence-electron chi connectivity index (χ3n) is 2.69. The number of hydrogen-bond donors (Lipinski definition) is 2. The highest BCUT2D eigenvalue weighted by molar-refractivity contribution is 9.10. The zero-order valence-electron chi connectivity index (χ0n) is 10.8. The Labute approximate surface area is 126 Å². The van der Waals surface area contributed by atoms with E-state index in [-0.39, 0.29) is 4.90 Å². The van der Waals surface area contributed by atoms with Crippen LogP contribution in [0.5, 0.6) is 0 Å². The number of halogens is 1. The molecular formula is C13H14BrN3O2S. The summed E-state index contributed by atoms with van der Waals surface area (Å²) in [6.45, 7) is 0.448. The van der Waals surface area contributed by atoms with Gasteiger partial charge in [0.05, 0.1) is 17.9 Å². The Bertz CT molecular complexity index is 687. The Kier molecular flexibility index (Phi) is 4.74. The van der Waals surface area contributed by atoms with Crippen molar-refractivity contribution in [3.63, 3.8) is 0 Å². The molecule has 20 heavy (non-hydrogen) atoms. The summed E-state index contributed by atoms with van der Waals surface area (Å²) in [5.41, 5.74) is 1.37. The van der Waals surface area contributed by atoms with Gasteiger partial charge in [-0.3, -0.25) is 4.98 Å². The first-order chi connectivity index (χ1) is 9.53. The van der Waals surface area contributed by atoms with Crippen LogP contribution in [-0.2, 0) is 16.6 Å². The number of pyridine rings is 1. The molecule has 0 unspecified atom stereocenters. The van der Waals surface area contributed by atoms with E-state index in [9.17, 15) is 8.42 Å². The molecule has 5 nitrogen and oxygen atoms in total. The fourth-order valence-corrected chi connectivity index (χ4v) is 2.80. The predicted molar refractivity (Wildman–Crippen MR) is 82.0 cm³/mol. The van der Waals surface area contributed by atoms with Gasteiger partial charge in [-0.05, 0) is 47.2 Å². The highest BCUT2D eigenvalue weighted by Gasteiger charge is 2.15. The summed E-state index contributed by atoms with van der Waals surface area (Å²) in [6, 6.07) is 10.5. The van der Waals surface area contributed by atoms with E-state index >= 15 is 0 Å². The molecule has 7 heteroatoms. The summed E-state index contributed by atoms with van der Waals surface area (Å²) in [4.78, 5) is 4.45. The molecule has 0 fully saturated rings. The average molecular weight is 356 g/mol. The average Bonchev–Trinajstić information content (AvgIpc) is 2.47. The predicted octanol–water partition coefficient (Wildman–Crippen LogP) is 2.36. The van der Waals surface area contributed by atoms with Gasteiger partial charge in [-0.15, -0.1) is 0 Å². The van der Waals surface area contributed by atoms with Gasteiger partial charge in [0.1, 0.15) is 4.90 Å². The van der Waals surface area contributed by atoms with Crippen LogP contribution in [0.4, 0.5) is 5.69 Å². The lowest BCUT2D eigenvalue weighted by atomic mass is 10.3. The highest BCUT2D eigenvalue weighted by Crippen LogP contribution is 2.21. The fourth-order valence-electron chi connectivity index (χ4n) is 1.65. The summed E-state index contributed by atoms with van der Waals surface area (Å²) in [5.74, 6) is 0. The molecule has 0 saturated carbocycles. The Hall–Kier alpha value is -1.44. The molecular weight excluding hydrogens is 342 g/mol.